The minimum absolute atomic E-state index is 0.104. The number of hydrogen-bond acceptors (Lipinski definition) is 7. The molecule has 1 fully saturated rings. The minimum atomic E-state index is -1.54. The summed E-state index contributed by atoms with van der Waals surface area (Å²) < 4.78 is 0. The maximum atomic E-state index is 13.2. The maximum absolute atomic E-state index is 13.2. The zero-order chi connectivity index (χ0) is 26.5. The summed E-state index contributed by atoms with van der Waals surface area (Å²) in [6, 6.07) is 4.60. The van der Waals surface area contributed by atoms with E-state index in [4.69, 9.17) is 5.73 Å². The summed E-state index contributed by atoms with van der Waals surface area (Å²) in [5, 5.41) is 29.2. The number of amides is 3. The highest BCUT2D eigenvalue weighted by molar-refractivity contribution is 5.95. The van der Waals surface area contributed by atoms with Gasteiger partial charge in [-0.15, -0.1) is 0 Å². The lowest BCUT2D eigenvalue weighted by Crippen LogP contribution is -2.58. The standard InChI is InChI=1S/C24H35N5O7/c25-11-5-4-9-17(24(35)36)27-23(34)19(14-20(30)31)29-22(33)18(13-15-7-2-1-3-8-15)28-21(32)16-10-6-12-26-16/h1-3,7-8,16-19,26H,4-6,9-14,25H2,(H,27,34)(H,28,32)(H,29,33)(H,30,31)(H,35,36). The van der Waals surface area contributed by atoms with Gasteiger partial charge in [-0.05, 0) is 50.8 Å². The fraction of sp³-hybridized carbons (Fsp3) is 0.542. The van der Waals surface area contributed by atoms with Crippen molar-refractivity contribution in [2.45, 2.75) is 69.1 Å². The van der Waals surface area contributed by atoms with Gasteiger partial charge in [-0.3, -0.25) is 19.2 Å². The molecule has 0 saturated carbocycles. The lowest BCUT2D eigenvalue weighted by Gasteiger charge is -2.24. The van der Waals surface area contributed by atoms with Gasteiger partial charge in [0.05, 0.1) is 12.5 Å². The third-order valence-electron chi connectivity index (χ3n) is 5.87. The van der Waals surface area contributed by atoms with Crippen LogP contribution in [0.5, 0.6) is 0 Å². The molecule has 1 heterocycles. The molecule has 4 atom stereocenters. The van der Waals surface area contributed by atoms with Gasteiger partial charge in [0, 0.05) is 6.42 Å². The highest BCUT2D eigenvalue weighted by atomic mass is 16.4. The van der Waals surface area contributed by atoms with Gasteiger partial charge in [-0.25, -0.2) is 4.79 Å². The first-order valence-corrected chi connectivity index (χ1v) is 12.0. The molecule has 1 aromatic rings. The zero-order valence-corrected chi connectivity index (χ0v) is 20.1. The van der Waals surface area contributed by atoms with E-state index in [0.29, 0.717) is 32.4 Å². The van der Waals surface area contributed by atoms with Crippen molar-refractivity contribution in [1.82, 2.24) is 21.3 Å². The molecule has 0 aliphatic carbocycles. The molecular formula is C24H35N5O7. The Bertz CT molecular complexity index is 905. The molecule has 2 rings (SSSR count). The number of hydrogen-bond donors (Lipinski definition) is 7. The SMILES string of the molecule is NCCCCC(NC(=O)C(CC(=O)O)NC(=O)C(Cc1ccccc1)NC(=O)C1CCCN1)C(=O)O. The lowest BCUT2D eigenvalue weighted by atomic mass is 10.0. The van der Waals surface area contributed by atoms with Crippen molar-refractivity contribution in [3.8, 4) is 0 Å². The molecule has 1 aromatic carbocycles. The van der Waals surface area contributed by atoms with Crippen LogP contribution < -0.4 is 27.0 Å². The van der Waals surface area contributed by atoms with E-state index in [-0.39, 0.29) is 18.7 Å². The number of rotatable bonds is 15. The summed E-state index contributed by atoms with van der Waals surface area (Å²) in [5.74, 6) is -4.69. The smallest absolute Gasteiger partial charge is 0.326 e. The van der Waals surface area contributed by atoms with Crippen molar-refractivity contribution >= 4 is 29.7 Å². The van der Waals surface area contributed by atoms with Crippen LogP contribution in [0.1, 0.15) is 44.1 Å². The molecule has 4 unspecified atom stereocenters. The Morgan fingerprint density at radius 2 is 1.61 bits per heavy atom. The van der Waals surface area contributed by atoms with Gasteiger partial charge in [-0.1, -0.05) is 30.3 Å². The molecule has 12 nitrogen and oxygen atoms in total. The Hall–Kier alpha value is -3.51. The van der Waals surface area contributed by atoms with E-state index in [2.05, 4.69) is 21.3 Å². The summed E-state index contributed by atoms with van der Waals surface area (Å²) in [7, 11) is 0. The third-order valence-corrected chi connectivity index (χ3v) is 5.87. The van der Waals surface area contributed by atoms with Gasteiger partial charge < -0.3 is 37.2 Å². The van der Waals surface area contributed by atoms with Crippen molar-refractivity contribution in [2.75, 3.05) is 13.1 Å². The van der Waals surface area contributed by atoms with Crippen LogP contribution >= 0.6 is 0 Å². The van der Waals surface area contributed by atoms with Gasteiger partial charge in [0.1, 0.15) is 18.1 Å². The predicted octanol–water partition coefficient (Wildman–Crippen LogP) is -0.876. The van der Waals surface area contributed by atoms with Gasteiger partial charge in [0.2, 0.25) is 17.7 Å². The summed E-state index contributed by atoms with van der Waals surface area (Å²) in [6.45, 7) is 1.05. The van der Waals surface area contributed by atoms with Crippen molar-refractivity contribution < 1.29 is 34.2 Å². The molecule has 3 amide bonds. The number of nitrogens with two attached hydrogens (primary N) is 1. The number of carbonyl (C=O) groups is 5. The van der Waals surface area contributed by atoms with Crippen LogP contribution in [0.15, 0.2) is 30.3 Å². The average molecular weight is 506 g/mol. The summed E-state index contributed by atoms with van der Waals surface area (Å²) in [4.78, 5) is 61.6. The molecule has 0 aromatic heterocycles. The quantitative estimate of drug-likeness (QED) is 0.148. The number of benzene rings is 1. The van der Waals surface area contributed by atoms with Gasteiger partial charge in [0.15, 0.2) is 0 Å². The van der Waals surface area contributed by atoms with E-state index in [0.717, 1.165) is 12.0 Å². The number of carbonyl (C=O) groups excluding carboxylic acids is 3. The van der Waals surface area contributed by atoms with Crippen molar-refractivity contribution in [1.29, 1.82) is 0 Å². The first kappa shape index (κ1) is 28.7. The van der Waals surface area contributed by atoms with Crippen LogP contribution in [-0.2, 0) is 30.4 Å². The second-order valence-electron chi connectivity index (χ2n) is 8.74. The van der Waals surface area contributed by atoms with Gasteiger partial charge >= 0.3 is 11.9 Å². The second kappa shape index (κ2) is 14.8. The Morgan fingerprint density at radius 1 is 0.944 bits per heavy atom. The molecule has 8 N–H and O–H groups in total. The summed E-state index contributed by atoms with van der Waals surface area (Å²) >= 11 is 0. The Morgan fingerprint density at radius 3 is 2.19 bits per heavy atom. The Kier molecular flexibility index (Phi) is 11.8. The predicted molar refractivity (Wildman–Crippen MR) is 130 cm³/mol. The van der Waals surface area contributed by atoms with E-state index in [9.17, 15) is 34.2 Å². The molecule has 1 saturated heterocycles. The Balaban J connectivity index is 2.15. The first-order chi connectivity index (χ1) is 17.2. The molecule has 36 heavy (non-hydrogen) atoms. The monoisotopic (exact) mass is 505 g/mol. The van der Waals surface area contributed by atoms with E-state index in [1.54, 1.807) is 30.3 Å². The third kappa shape index (κ3) is 9.62. The minimum Gasteiger partial charge on any atom is -0.481 e. The molecule has 0 bridgehead atoms. The number of carboxylic acids is 2. The highest BCUT2D eigenvalue weighted by Crippen LogP contribution is 2.09. The number of unbranched alkanes of at least 4 members (excludes halogenated alkanes) is 1. The molecular weight excluding hydrogens is 470 g/mol. The number of carboxylic acid groups (broad SMARTS) is 2. The molecule has 0 spiro atoms. The van der Waals surface area contributed by atoms with Crippen molar-refractivity contribution in [3.63, 3.8) is 0 Å². The second-order valence-corrected chi connectivity index (χ2v) is 8.74. The largest absolute Gasteiger partial charge is 0.481 e. The first-order valence-electron chi connectivity index (χ1n) is 12.0. The van der Waals surface area contributed by atoms with Crippen LogP contribution in [0.2, 0.25) is 0 Å². The fourth-order valence-electron chi connectivity index (χ4n) is 3.92. The molecule has 198 valence electrons. The maximum Gasteiger partial charge on any atom is 0.326 e. The zero-order valence-electron chi connectivity index (χ0n) is 20.1. The van der Waals surface area contributed by atoms with E-state index >= 15 is 0 Å². The molecule has 12 heteroatoms. The number of aliphatic carboxylic acids is 2. The van der Waals surface area contributed by atoms with Crippen LogP contribution in [-0.4, -0.2) is 77.1 Å². The van der Waals surface area contributed by atoms with E-state index in [1.165, 1.54) is 0 Å². The normalized spacial score (nSPS) is 17.4. The van der Waals surface area contributed by atoms with Gasteiger partial charge in [0.25, 0.3) is 0 Å². The van der Waals surface area contributed by atoms with Crippen LogP contribution in [0.4, 0.5) is 0 Å². The Labute approximate surface area is 209 Å². The van der Waals surface area contributed by atoms with Crippen LogP contribution in [0.25, 0.3) is 0 Å². The molecule has 0 radical (unpaired) electrons. The van der Waals surface area contributed by atoms with E-state index in [1.807, 2.05) is 0 Å². The fourth-order valence-corrected chi connectivity index (χ4v) is 3.92. The van der Waals surface area contributed by atoms with Gasteiger partial charge in [-0.2, -0.15) is 0 Å². The van der Waals surface area contributed by atoms with E-state index < -0.39 is 54.3 Å². The summed E-state index contributed by atoms with van der Waals surface area (Å²) in [6.07, 6.45) is 1.91. The average Bonchev–Trinajstić information content (AvgIpc) is 3.38. The molecule has 1 aliphatic rings. The lowest BCUT2D eigenvalue weighted by molar-refractivity contribution is -0.143. The molecule has 1 aliphatic heterocycles. The number of nitrogens with one attached hydrogen (secondary N) is 4. The van der Waals surface area contributed by atoms with Crippen molar-refractivity contribution in [3.05, 3.63) is 35.9 Å². The topological polar surface area (TPSA) is 200 Å². The van der Waals surface area contributed by atoms with Crippen LogP contribution in [0, 0.1) is 0 Å². The highest BCUT2D eigenvalue weighted by Gasteiger charge is 2.32. The van der Waals surface area contributed by atoms with Crippen molar-refractivity contribution in [2.24, 2.45) is 5.73 Å². The summed E-state index contributed by atoms with van der Waals surface area (Å²) in [5.41, 5.74) is 6.18. The van der Waals surface area contributed by atoms with Crippen LogP contribution in [0.3, 0.4) is 0 Å².